The lowest BCUT2D eigenvalue weighted by molar-refractivity contribution is -0.136. The van der Waals surface area contributed by atoms with Gasteiger partial charge >= 0.3 is 0 Å². The number of likely N-dealkylation sites (tertiary alicyclic amines) is 2. The van der Waals surface area contributed by atoms with E-state index in [4.69, 9.17) is 19.8 Å². The number of carboxylic acid groups (broad SMARTS) is 2. The van der Waals surface area contributed by atoms with Crippen LogP contribution in [0.5, 0.6) is 0 Å². The van der Waals surface area contributed by atoms with Crippen LogP contribution < -0.4 is 5.32 Å². The second-order valence-electron chi connectivity index (χ2n) is 8.08. The molecule has 0 spiro atoms. The van der Waals surface area contributed by atoms with Crippen LogP contribution in [0.4, 0.5) is 5.82 Å². The lowest BCUT2D eigenvalue weighted by atomic mass is 9.85. The molecule has 2 saturated heterocycles. The van der Waals surface area contributed by atoms with Crippen molar-refractivity contribution in [3.63, 3.8) is 0 Å². The Kier molecular flexibility index (Phi) is 10.3. The minimum absolute atomic E-state index is 0.250. The fourth-order valence-electron chi connectivity index (χ4n) is 4.23. The average molecular weight is 480 g/mol. The Morgan fingerprint density at radius 1 is 1.12 bits per heavy atom. The summed E-state index contributed by atoms with van der Waals surface area (Å²) < 4.78 is 1.78. The first kappa shape index (κ1) is 26.3. The van der Waals surface area contributed by atoms with Gasteiger partial charge in [0.25, 0.3) is 12.9 Å². The second-order valence-corrected chi connectivity index (χ2v) is 9.45. The normalized spacial score (nSPS) is 17.2. The van der Waals surface area contributed by atoms with Crippen LogP contribution in [0, 0.1) is 6.92 Å². The van der Waals surface area contributed by atoms with Crippen molar-refractivity contribution in [1.29, 1.82) is 0 Å². The molecule has 0 radical (unpaired) electrons. The zero-order valence-electron chi connectivity index (χ0n) is 19.1. The maximum atomic E-state index is 13.4. The SMILES string of the molecule is Cc1ccc(CN2CCC(Nc3ccn(C)n3)(C(=O)N3CCCC3)CC2)s1.O=CO.O=CO. The van der Waals surface area contributed by atoms with E-state index in [0.717, 1.165) is 64.2 Å². The zero-order valence-corrected chi connectivity index (χ0v) is 20.0. The van der Waals surface area contributed by atoms with Gasteiger partial charge in [-0.3, -0.25) is 24.0 Å². The molecule has 0 aliphatic carbocycles. The standard InChI is InChI=1S/C20H29N5OS.2CH2O2/c1-16-5-6-17(27-16)15-24-13-8-20(9-14-24,19(26)25-10-3-4-11-25)21-18-7-12-23(2)22-18;2*2-1-3/h5-7,12H,3-4,8-11,13-15H2,1-2H3,(H,21,22);2*1H,(H,2,3). The van der Waals surface area contributed by atoms with E-state index in [-0.39, 0.29) is 18.9 Å². The number of hydrogen-bond donors (Lipinski definition) is 3. The summed E-state index contributed by atoms with van der Waals surface area (Å²) in [7, 11) is 1.91. The van der Waals surface area contributed by atoms with Gasteiger partial charge in [-0.25, -0.2) is 0 Å². The van der Waals surface area contributed by atoms with Crippen LogP contribution in [0.1, 0.15) is 35.4 Å². The number of piperidine rings is 1. The monoisotopic (exact) mass is 479 g/mol. The second kappa shape index (κ2) is 12.9. The van der Waals surface area contributed by atoms with Crippen molar-refractivity contribution >= 4 is 36.0 Å². The highest BCUT2D eigenvalue weighted by Crippen LogP contribution is 2.31. The predicted molar refractivity (Wildman–Crippen MR) is 126 cm³/mol. The molecule has 2 aliphatic rings. The van der Waals surface area contributed by atoms with E-state index in [2.05, 4.69) is 34.4 Å². The molecule has 2 aliphatic heterocycles. The van der Waals surface area contributed by atoms with Crippen molar-refractivity contribution in [2.75, 3.05) is 31.5 Å². The molecular weight excluding hydrogens is 446 g/mol. The molecule has 2 fully saturated rings. The van der Waals surface area contributed by atoms with Crippen molar-refractivity contribution in [2.45, 2.75) is 44.7 Å². The van der Waals surface area contributed by atoms with Crippen LogP contribution in [-0.2, 0) is 28.0 Å². The number of rotatable bonds is 5. The van der Waals surface area contributed by atoms with Crippen molar-refractivity contribution in [3.05, 3.63) is 34.2 Å². The zero-order chi connectivity index (χ0) is 24.3. The number of carbonyl (C=O) groups excluding carboxylic acids is 1. The topological polar surface area (TPSA) is 128 Å². The van der Waals surface area contributed by atoms with Crippen LogP contribution in [0.3, 0.4) is 0 Å². The molecule has 3 N–H and O–H groups in total. The van der Waals surface area contributed by atoms with E-state index >= 15 is 0 Å². The average Bonchev–Trinajstić information content (AvgIpc) is 3.54. The summed E-state index contributed by atoms with van der Waals surface area (Å²) in [5, 5.41) is 21.8. The summed E-state index contributed by atoms with van der Waals surface area (Å²) in [6.07, 6.45) is 5.81. The molecule has 4 heterocycles. The van der Waals surface area contributed by atoms with Gasteiger partial charge in [-0.05, 0) is 44.7 Å². The van der Waals surface area contributed by atoms with Crippen molar-refractivity contribution < 1.29 is 24.6 Å². The van der Waals surface area contributed by atoms with E-state index in [0.29, 0.717) is 0 Å². The molecule has 0 atom stereocenters. The molecule has 10 nitrogen and oxygen atoms in total. The molecule has 11 heteroatoms. The number of nitrogens with one attached hydrogen (secondary N) is 1. The third kappa shape index (κ3) is 7.57. The van der Waals surface area contributed by atoms with Gasteiger partial charge in [0, 0.05) is 61.8 Å². The lowest BCUT2D eigenvalue weighted by Gasteiger charge is -2.43. The highest BCUT2D eigenvalue weighted by Gasteiger charge is 2.44. The van der Waals surface area contributed by atoms with Crippen molar-refractivity contribution in [3.8, 4) is 0 Å². The fourth-order valence-corrected chi connectivity index (χ4v) is 5.16. The summed E-state index contributed by atoms with van der Waals surface area (Å²) in [5.41, 5.74) is -0.527. The number of thiophene rings is 1. The molecule has 182 valence electrons. The Balaban J connectivity index is 0.000000582. The minimum atomic E-state index is -0.527. The van der Waals surface area contributed by atoms with E-state index in [1.807, 2.05) is 35.5 Å². The van der Waals surface area contributed by atoms with Crippen molar-refractivity contribution in [2.24, 2.45) is 7.05 Å². The number of amides is 1. The number of hydrogen-bond acceptors (Lipinski definition) is 7. The lowest BCUT2D eigenvalue weighted by Crippen LogP contribution is -2.58. The first-order valence-corrected chi connectivity index (χ1v) is 11.7. The highest BCUT2D eigenvalue weighted by atomic mass is 32.1. The molecule has 0 saturated carbocycles. The van der Waals surface area contributed by atoms with Crippen LogP contribution in [0.2, 0.25) is 0 Å². The molecule has 33 heavy (non-hydrogen) atoms. The Bertz CT molecular complexity index is 879. The maximum Gasteiger partial charge on any atom is 0.290 e. The summed E-state index contributed by atoms with van der Waals surface area (Å²) >= 11 is 1.87. The van der Waals surface area contributed by atoms with Gasteiger partial charge in [-0.1, -0.05) is 0 Å². The Hall–Kier alpha value is -2.92. The number of aryl methyl sites for hydroxylation is 2. The Morgan fingerprint density at radius 2 is 1.73 bits per heavy atom. The summed E-state index contributed by atoms with van der Waals surface area (Å²) in [6.45, 7) is 6.27. The van der Waals surface area contributed by atoms with Crippen molar-refractivity contribution in [1.82, 2.24) is 19.6 Å². The number of anilines is 1. The summed E-state index contributed by atoms with van der Waals surface area (Å²) in [6, 6.07) is 6.37. The maximum absolute atomic E-state index is 13.4. The molecule has 0 bridgehead atoms. The molecule has 1 amide bonds. The largest absolute Gasteiger partial charge is 0.483 e. The van der Waals surface area contributed by atoms with E-state index in [9.17, 15) is 4.79 Å². The minimum Gasteiger partial charge on any atom is -0.483 e. The first-order chi connectivity index (χ1) is 15.9. The number of aromatic nitrogens is 2. The first-order valence-electron chi connectivity index (χ1n) is 10.9. The van der Waals surface area contributed by atoms with Crippen LogP contribution in [-0.4, -0.2) is 80.4 Å². The smallest absolute Gasteiger partial charge is 0.290 e. The summed E-state index contributed by atoms with van der Waals surface area (Å²) in [4.78, 5) is 37.4. The Labute approximate surface area is 197 Å². The number of carbonyl (C=O) groups is 3. The van der Waals surface area contributed by atoms with Gasteiger partial charge in [0.2, 0.25) is 5.91 Å². The molecule has 4 rings (SSSR count). The fraction of sp³-hybridized carbons (Fsp3) is 0.545. The molecular formula is C22H33N5O5S. The number of nitrogens with zero attached hydrogens (tertiary/aromatic N) is 4. The van der Waals surface area contributed by atoms with Gasteiger partial charge in [0.15, 0.2) is 0 Å². The van der Waals surface area contributed by atoms with Gasteiger partial charge in [0.1, 0.15) is 11.4 Å². The van der Waals surface area contributed by atoms with Crippen LogP contribution in [0.25, 0.3) is 0 Å². The van der Waals surface area contributed by atoms with Gasteiger partial charge in [0.05, 0.1) is 0 Å². The summed E-state index contributed by atoms with van der Waals surface area (Å²) in [5.74, 6) is 1.06. The molecule has 2 aromatic rings. The third-order valence-electron chi connectivity index (χ3n) is 5.77. The quantitative estimate of drug-likeness (QED) is 0.557. The van der Waals surface area contributed by atoms with E-state index in [1.165, 1.54) is 9.75 Å². The highest BCUT2D eigenvalue weighted by molar-refractivity contribution is 7.11. The predicted octanol–water partition coefficient (Wildman–Crippen LogP) is 2.26. The van der Waals surface area contributed by atoms with Crippen LogP contribution in [0.15, 0.2) is 24.4 Å². The van der Waals surface area contributed by atoms with Crippen LogP contribution >= 0.6 is 11.3 Å². The molecule has 2 aromatic heterocycles. The molecule has 0 aromatic carbocycles. The van der Waals surface area contributed by atoms with E-state index in [1.54, 1.807) is 4.68 Å². The van der Waals surface area contributed by atoms with Gasteiger partial charge in [-0.2, -0.15) is 5.10 Å². The molecule has 0 unspecified atom stereocenters. The van der Waals surface area contributed by atoms with Gasteiger partial charge in [-0.15, -0.1) is 11.3 Å². The van der Waals surface area contributed by atoms with Gasteiger partial charge < -0.3 is 20.4 Å². The Morgan fingerprint density at radius 3 is 2.21 bits per heavy atom. The van der Waals surface area contributed by atoms with E-state index < -0.39 is 5.54 Å². The third-order valence-corrected chi connectivity index (χ3v) is 6.75.